The Hall–Kier alpha value is -0.420. The second-order valence-electron chi connectivity index (χ2n) is 3.90. The SMILES string of the molecule is OC(Cc1cncc(Br)c1)c1ccc(Br)cc1Cl. The van der Waals surface area contributed by atoms with Crippen molar-refractivity contribution in [2.24, 2.45) is 0 Å². The van der Waals surface area contributed by atoms with Gasteiger partial charge < -0.3 is 5.11 Å². The molecule has 5 heteroatoms. The maximum atomic E-state index is 10.2. The molecule has 1 unspecified atom stereocenters. The minimum Gasteiger partial charge on any atom is -0.388 e. The maximum absolute atomic E-state index is 10.2. The van der Waals surface area contributed by atoms with Crippen molar-refractivity contribution in [2.45, 2.75) is 12.5 Å². The Kier molecular flexibility index (Phi) is 4.78. The quantitative estimate of drug-likeness (QED) is 0.834. The van der Waals surface area contributed by atoms with Crippen molar-refractivity contribution in [1.82, 2.24) is 4.98 Å². The highest BCUT2D eigenvalue weighted by Gasteiger charge is 2.13. The zero-order chi connectivity index (χ0) is 13.1. The summed E-state index contributed by atoms with van der Waals surface area (Å²) < 4.78 is 1.79. The van der Waals surface area contributed by atoms with Gasteiger partial charge in [-0.3, -0.25) is 4.98 Å². The summed E-state index contributed by atoms with van der Waals surface area (Å²) in [6.45, 7) is 0. The largest absolute Gasteiger partial charge is 0.388 e. The Balaban J connectivity index is 2.19. The fourth-order valence-corrected chi connectivity index (χ4v) is 2.88. The Morgan fingerprint density at radius 1 is 1.17 bits per heavy atom. The number of hydrogen-bond donors (Lipinski definition) is 1. The normalized spacial score (nSPS) is 12.4. The number of aromatic nitrogens is 1. The molecule has 0 amide bonds. The standard InChI is InChI=1S/C13H10Br2ClNO/c14-9-1-2-11(12(16)5-9)13(18)4-8-3-10(15)7-17-6-8/h1-3,5-7,13,18H,4H2. The average molecular weight is 391 g/mol. The molecule has 18 heavy (non-hydrogen) atoms. The molecule has 0 saturated carbocycles. The van der Waals surface area contributed by atoms with Crippen LogP contribution < -0.4 is 0 Å². The van der Waals surface area contributed by atoms with E-state index in [0.717, 1.165) is 20.1 Å². The Labute approximate surface area is 127 Å². The Morgan fingerprint density at radius 3 is 2.61 bits per heavy atom. The zero-order valence-electron chi connectivity index (χ0n) is 9.28. The second kappa shape index (κ2) is 6.15. The molecule has 1 aromatic heterocycles. The first-order valence-corrected chi connectivity index (χ1v) is 7.25. The predicted molar refractivity (Wildman–Crippen MR) is 79.8 cm³/mol. The van der Waals surface area contributed by atoms with Gasteiger partial charge in [0.25, 0.3) is 0 Å². The van der Waals surface area contributed by atoms with Crippen molar-refractivity contribution in [3.05, 3.63) is 61.8 Å². The van der Waals surface area contributed by atoms with E-state index in [2.05, 4.69) is 36.8 Å². The number of hydrogen-bond acceptors (Lipinski definition) is 2. The molecule has 1 N–H and O–H groups in total. The Bertz CT molecular complexity index is 562. The first-order chi connectivity index (χ1) is 8.56. The molecule has 0 fully saturated rings. The van der Waals surface area contributed by atoms with Gasteiger partial charge in [-0.1, -0.05) is 33.6 Å². The third-order valence-corrected chi connectivity index (χ3v) is 3.77. The van der Waals surface area contributed by atoms with Crippen LogP contribution in [0.3, 0.4) is 0 Å². The van der Waals surface area contributed by atoms with E-state index >= 15 is 0 Å². The van der Waals surface area contributed by atoms with Crippen LogP contribution in [0.2, 0.25) is 5.02 Å². The molecule has 2 nitrogen and oxygen atoms in total. The molecule has 0 aliphatic carbocycles. The van der Waals surface area contributed by atoms with Gasteiger partial charge in [0.15, 0.2) is 0 Å². The van der Waals surface area contributed by atoms with Gasteiger partial charge in [-0.25, -0.2) is 0 Å². The van der Waals surface area contributed by atoms with Crippen LogP contribution in [0.15, 0.2) is 45.6 Å². The zero-order valence-corrected chi connectivity index (χ0v) is 13.2. The molecule has 0 spiro atoms. The molecule has 1 atom stereocenters. The van der Waals surface area contributed by atoms with E-state index in [1.54, 1.807) is 18.5 Å². The summed E-state index contributed by atoms with van der Waals surface area (Å²) in [5.41, 5.74) is 1.68. The number of aliphatic hydroxyl groups is 1. The topological polar surface area (TPSA) is 33.1 Å². The summed E-state index contributed by atoms with van der Waals surface area (Å²) in [6, 6.07) is 7.40. The van der Waals surface area contributed by atoms with Gasteiger partial charge in [0.1, 0.15) is 0 Å². The highest BCUT2D eigenvalue weighted by atomic mass is 79.9. The summed E-state index contributed by atoms with van der Waals surface area (Å²) >= 11 is 12.8. The van der Waals surface area contributed by atoms with Crippen LogP contribution in [0, 0.1) is 0 Å². The van der Waals surface area contributed by atoms with Crippen molar-refractivity contribution in [1.29, 1.82) is 0 Å². The fourth-order valence-electron chi connectivity index (χ4n) is 1.67. The third-order valence-electron chi connectivity index (χ3n) is 2.51. The van der Waals surface area contributed by atoms with Crippen molar-refractivity contribution in [3.8, 4) is 0 Å². The van der Waals surface area contributed by atoms with Crippen LogP contribution in [0.5, 0.6) is 0 Å². The minimum atomic E-state index is -0.637. The van der Waals surface area contributed by atoms with Gasteiger partial charge in [0.05, 0.1) is 6.10 Å². The molecule has 1 heterocycles. The molecule has 0 aliphatic rings. The van der Waals surface area contributed by atoms with Crippen molar-refractivity contribution >= 4 is 43.5 Å². The van der Waals surface area contributed by atoms with Crippen molar-refractivity contribution in [2.75, 3.05) is 0 Å². The number of benzene rings is 1. The highest BCUT2D eigenvalue weighted by Crippen LogP contribution is 2.28. The molecule has 0 radical (unpaired) electrons. The molecule has 2 aromatic rings. The lowest BCUT2D eigenvalue weighted by atomic mass is 10.0. The molecular weight excluding hydrogens is 381 g/mol. The van der Waals surface area contributed by atoms with E-state index in [4.69, 9.17) is 11.6 Å². The molecule has 94 valence electrons. The van der Waals surface area contributed by atoms with Gasteiger partial charge >= 0.3 is 0 Å². The van der Waals surface area contributed by atoms with Crippen LogP contribution in [0.1, 0.15) is 17.2 Å². The first-order valence-electron chi connectivity index (χ1n) is 5.28. The van der Waals surface area contributed by atoms with Crippen LogP contribution in [0.25, 0.3) is 0 Å². The number of aliphatic hydroxyl groups excluding tert-OH is 1. The number of rotatable bonds is 3. The monoisotopic (exact) mass is 389 g/mol. The smallest absolute Gasteiger partial charge is 0.0845 e. The van der Waals surface area contributed by atoms with Crippen molar-refractivity contribution < 1.29 is 5.11 Å². The first kappa shape index (κ1) is 14.0. The van der Waals surface area contributed by atoms with Crippen LogP contribution in [0.4, 0.5) is 0 Å². The lowest BCUT2D eigenvalue weighted by Crippen LogP contribution is -2.03. The number of halogens is 3. The third kappa shape index (κ3) is 3.54. The lowest BCUT2D eigenvalue weighted by molar-refractivity contribution is 0.178. The molecule has 2 rings (SSSR count). The van der Waals surface area contributed by atoms with E-state index in [0.29, 0.717) is 11.4 Å². The van der Waals surface area contributed by atoms with Crippen LogP contribution in [-0.4, -0.2) is 10.1 Å². The molecule has 0 bridgehead atoms. The number of pyridine rings is 1. The number of nitrogens with zero attached hydrogens (tertiary/aromatic N) is 1. The molecule has 1 aromatic carbocycles. The minimum absolute atomic E-state index is 0.480. The van der Waals surface area contributed by atoms with Crippen LogP contribution in [-0.2, 0) is 6.42 Å². The Morgan fingerprint density at radius 2 is 1.94 bits per heavy atom. The summed E-state index contributed by atoms with van der Waals surface area (Å²) in [4.78, 5) is 4.07. The van der Waals surface area contributed by atoms with Gasteiger partial charge in [-0.15, -0.1) is 0 Å². The highest BCUT2D eigenvalue weighted by molar-refractivity contribution is 9.10. The van der Waals surface area contributed by atoms with E-state index in [1.807, 2.05) is 18.2 Å². The second-order valence-corrected chi connectivity index (χ2v) is 6.14. The lowest BCUT2D eigenvalue weighted by Gasteiger charge is -2.13. The van der Waals surface area contributed by atoms with Gasteiger partial charge in [-0.2, -0.15) is 0 Å². The molecule has 0 saturated heterocycles. The summed E-state index contributed by atoms with van der Waals surface area (Å²) in [6.07, 6.45) is 3.29. The van der Waals surface area contributed by atoms with Crippen LogP contribution >= 0.6 is 43.5 Å². The summed E-state index contributed by atoms with van der Waals surface area (Å²) in [5, 5.41) is 10.7. The summed E-state index contributed by atoms with van der Waals surface area (Å²) in [7, 11) is 0. The molecule has 0 aliphatic heterocycles. The van der Waals surface area contributed by atoms with E-state index in [-0.39, 0.29) is 0 Å². The van der Waals surface area contributed by atoms with Crippen molar-refractivity contribution in [3.63, 3.8) is 0 Å². The van der Waals surface area contributed by atoms with E-state index < -0.39 is 6.10 Å². The van der Waals surface area contributed by atoms with Gasteiger partial charge in [-0.05, 0) is 45.3 Å². The predicted octanol–water partition coefficient (Wildman–Crippen LogP) is 4.54. The summed E-state index contributed by atoms with van der Waals surface area (Å²) in [5.74, 6) is 0. The van der Waals surface area contributed by atoms with E-state index in [1.165, 1.54) is 0 Å². The van der Waals surface area contributed by atoms with E-state index in [9.17, 15) is 5.11 Å². The maximum Gasteiger partial charge on any atom is 0.0845 e. The fraction of sp³-hybridized carbons (Fsp3) is 0.154. The average Bonchev–Trinajstić information content (AvgIpc) is 2.28. The molecular formula is C13H10Br2ClNO. The van der Waals surface area contributed by atoms with Gasteiger partial charge in [0, 0.05) is 32.8 Å². The van der Waals surface area contributed by atoms with Gasteiger partial charge in [0.2, 0.25) is 0 Å².